The fraction of sp³-hybridized carbons (Fsp3) is 0.917. The van der Waals surface area contributed by atoms with Crippen LogP contribution in [0.3, 0.4) is 0 Å². The Balaban J connectivity index is -0.000000177. The lowest BCUT2D eigenvalue weighted by atomic mass is 10.2. The monoisotopic (exact) mass is 220 g/mol. The van der Waals surface area contributed by atoms with Crippen LogP contribution in [0.25, 0.3) is 0 Å². The predicted octanol–water partition coefficient (Wildman–Crippen LogP) is 4.61. The summed E-state index contributed by atoms with van der Waals surface area (Å²) in [6.45, 7) is 12.5. The minimum absolute atomic E-state index is 0. The summed E-state index contributed by atoms with van der Waals surface area (Å²) in [5.41, 5.74) is 0. The molecule has 0 aliphatic rings. The third-order valence-electron chi connectivity index (χ3n) is 1.44. The van der Waals surface area contributed by atoms with Crippen LogP contribution in [0.2, 0.25) is 0 Å². The van der Waals surface area contributed by atoms with Crippen LogP contribution in [0.5, 0.6) is 0 Å². The van der Waals surface area contributed by atoms with Crippen molar-refractivity contribution in [1.82, 2.24) is 0 Å². The van der Waals surface area contributed by atoms with Crippen molar-refractivity contribution in [3.05, 3.63) is 0 Å². The highest BCUT2D eigenvalue weighted by molar-refractivity contribution is 8.13. The lowest BCUT2D eigenvalue weighted by Crippen LogP contribution is -1.93. The quantitative estimate of drug-likeness (QED) is 0.691. The van der Waals surface area contributed by atoms with Gasteiger partial charge in [-0.1, -0.05) is 60.2 Å². The summed E-state index contributed by atoms with van der Waals surface area (Å²) in [5, 5.41) is 0.221. The molecule has 0 aromatic carbocycles. The summed E-state index contributed by atoms with van der Waals surface area (Å²) in [4.78, 5) is 10.3. The van der Waals surface area contributed by atoms with Crippen molar-refractivity contribution in [2.45, 2.75) is 55.4 Å². The van der Waals surface area contributed by atoms with Gasteiger partial charge in [0.05, 0.1) is 0 Å². The van der Waals surface area contributed by atoms with E-state index in [1.54, 1.807) is 6.92 Å². The Morgan fingerprint density at radius 2 is 1.50 bits per heavy atom. The molecule has 0 bridgehead atoms. The number of hydrogen-bond acceptors (Lipinski definition) is 2. The topological polar surface area (TPSA) is 17.1 Å². The van der Waals surface area contributed by atoms with Crippen molar-refractivity contribution in [3.8, 4) is 0 Å². The highest BCUT2D eigenvalue weighted by Gasteiger charge is 1.95. The van der Waals surface area contributed by atoms with Crippen LogP contribution in [-0.4, -0.2) is 10.9 Å². The molecule has 0 aliphatic carbocycles. The highest BCUT2D eigenvalue weighted by Crippen LogP contribution is 2.06. The molecule has 0 amide bonds. The second-order valence-corrected chi connectivity index (χ2v) is 5.20. The maximum Gasteiger partial charge on any atom is 0.185 e. The zero-order chi connectivity index (χ0) is 10.9. The molecule has 0 saturated heterocycles. The number of hydrogen-bond donors (Lipinski definition) is 0. The summed E-state index contributed by atoms with van der Waals surface area (Å²) in [6.07, 6.45) is 1.31. The first-order valence-corrected chi connectivity index (χ1v) is 6.02. The molecule has 0 spiro atoms. The number of carbonyl (C=O) groups is 1. The third-order valence-corrected chi connectivity index (χ3v) is 2.68. The Morgan fingerprint density at radius 3 is 1.57 bits per heavy atom. The molecule has 0 radical (unpaired) electrons. The lowest BCUT2D eigenvalue weighted by Gasteiger charge is -1.98. The van der Waals surface area contributed by atoms with E-state index in [1.807, 2.05) is 0 Å². The number of carbonyl (C=O) groups excluding carboxylic acids is 1. The van der Waals surface area contributed by atoms with Gasteiger partial charge in [-0.25, -0.2) is 0 Å². The van der Waals surface area contributed by atoms with Gasteiger partial charge in [0, 0.05) is 12.7 Å². The van der Waals surface area contributed by atoms with Crippen molar-refractivity contribution in [2.24, 2.45) is 11.8 Å². The fourth-order valence-electron chi connectivity index (χ4n) is 0.284. The molecule has 14 heavy (non-hydrogen) atoms. The van der Waals surface area contributed by atoms with Crippen LogP contribution >= 0.6 is 11.8 Å². The van der Waals surface area contributed by atoms with Crippen molar-refractivity contribution in [1.29, 1.82) is 0 Å². The van der Waals surface area contributed by atoms with Gasteiger partial charge in [0.1, 0.15) is 0 Å². The van der Waals surface area contributed by atoms with Gasteiger partial charge >= 0.3 is 0 Å². The predicted molar refractivity (Wildman–Crippen MR) is 69.8 cm³/mol. The average Bonchev–Trinajstić information content (AvgIpc) is 2.02. The van der Waals surface area contributed by atoms with Crippen LogP contribution in [0, 0.1) is 11.8 Å². The molecule has 88 valence electrons. The molecule has 2 heteroatoms. The lowest BCUT2D eigenvalue weighted by molar-refractivity contribution is -0.109. The second kappa shape index (κ2) is 13.0. The van der Waals surface area contributed by atoms with E-state index in [0.717, 1.165) is 11.7 Å². The van der Waals surface area contributed by atoms with E-state index in [1.165, 1.54) is 18.2 Å². The second-order valence-electron chi connectivity index (χ2n) is 4.00. The maximum atomic E-state index is 10.3. The Bertz CT molecular complexity index is 119. The molecule has 0 N–H and O–H groups in total. The van der Waals surface area contributed by atoms with Crippen LogP contribution in [-0.2, 0) is 4.79 Å². The highest BCUT2D eigenvalue weighted by atomic mass is 32.2. The summed E-state index contributed by atoms with van der Waals surface area (Å²) in [5.74, 6) is 2.47. The van der Waals surface area contributed by atoms with Crippen molar-refractivity contribution in [3.63, 3.8) is 0 Å². The molecule has 0 aromatic rings. The molecule has 1 nitrogen and oxygen atoms in total. The molecule has 0 saturated carbocycles. The van der Waals surface area contributed by atoms with Crippen LogP contribution in [0.4, 0.5) is 0 Å². The minimum atomic E-state index is 0. The summed E-state index contributed by atoms with van der Waals surface area (Å²) in [7, 11) is 0. The Labute approximate surface area is 95.0 Å². The van der Waals surface area contributed by atoms with E-state index in [2.05, 4.69) is 34.6 Å². The third kappa shape index (κ3) is 29.6. The van der Waals surface area contributed by atoms with Gasteiger partial charge in [0.2, 0.25) is 0 Å². The zero-order valence-electron chi connectivity index (χ0n) is 9.89. The van der Waals surface area contributed by atoms with Crippen molar-refractivity contribution in [2.75, 3.05) is 5.75 Å². The van der Waals surface area contributed by atoms with Crippen molar-refractivity contribution < 1.29 is 4.79 Å². The maximum absolute atomic E-state index is 10.3. The number of rotatable bonds is 3. The molecular weight excluding hydrogens is 192 g/mol. The van der Waals surface area contributed by atoms with Gasteiger partial charge in [-0.3, -0.25) is 4.79 Å². The van der Waals surface area contributed by atoms with Crippen LogP contribution in [0.1, 0.15) is 55.4 Å². The summed E-state index contributed by atoms with van der Waals surface area (Å²) in [6, 6.07) is 0. The van der Waals surface area contributed by atoms with Gasteiger partial charge in [-0.05, 0) is 11.8 Å². The SMILES string of the molecule is C.CC(=O)SCC(C)C.CCC(C)C. The van der Waals surface area contributed by atoms with E-state index < -0.39 is 0 Å². The normalized spacial score (nSPS) is 9.14. The van der Waals surface area contributed by atoms with E-state index in [4.69, 9.17) is 0 Å². The van der Waals surface area contributed by atoms with Gasteiger partial charge in [0.15, 0.2) is 5.12 Å². The first-order chi connectivity index (χ1) is 5.90. The molecule has 0 heterocycles. The first kappa shape index (κ1) is 19.6. The standard InChI is InChI=1S/C6H12OS.C5H12.CH4/c1-5(2)4-8-6(3)7;1-4-5(2)3;/h5H,4H2,1-3H3;5H,4H2,1-3H3;1H4. The van der Waals surface area contributed by atoms with Gasteiger partial charge in [0.25, 0.3) is 0 Å². The molecule has 0 atom stereocenters. The Morgan fingerprint density at radius 1 is 1.14 bits per heavy atom. The first-order valence-electron chi connectivity index (χ1n) is 5.03. The molecule has 0 fully saturated rings. The van der Waals surface area contributed by atoms with E-state index in [0.29, 0.717) is 5.92 Å². The average molecular weight is 220 g/mol. The van der Waals surface area contributed by atoms with E-state index in [9.17, 15) is 4.79 Å². The smallest absolute Gasteiger partial charge is 0.185 e. The van der Waals surface area contributed by atoms with Gasteiger partial charge in [-0.15, -0.1) is 0 Å². The minimum Gasteiger partial charge on any atom is -0.288 e. The van der Waals surface area contributed by atoms with Gasteiger partial charge < -0.3 is 0 Å². The van der Waals surface area contributed by atoms with E-state index >= 15 is 0 Å². The Kier molecular flexibility index (Phi) is 18.2. The molecular formula is C12H28OS. The van der Waals surface area contributed by atoms with Gasteiger partial charge in [-0.2, -0.15) is 0 Å². The summed E-state index contributed by atoms with van der Waals surface area (Å²) < 4.78 is 0. The molecule has 0 rings (SSSR count). The van der Waals surface area contributed by atoms with Crippen LogP contribution in [0.15, 0.2) is 0 Å². The molecule has 0 aromatic heterocycles. The summed E-state index contributed by atoms with van der Waals surface area (Å²) >= 11 is 1.40. The number of thioether (sulfide) groups is 1. The largest absolute Gasteiger partial charge is 0.288 e. The molecule has 0 unspecified atom stereocenters. The molecule has 0 aliphatic heterocycles. The van der Waals surface area contributed by atoms with Crippen molar-refractivity contribution >= 4 is 16.9 Å². The fourth-order valence-corrected chi connectivity index (χ4v) is 0.852. The Hall–Kier alpha value is 0.0200. The zero-order valence-corrected chi connectivity index (χ0v) is 10.7. The van der Waals surface area contributed by atoms with E-state index in [-0.39, 0.29) is 12.5 Å². The van der Waals surface area contributed by atoms with Crippen LogP contribution < -0.4 is 0 Å².